The monoisotopic (exact) mass is 519 g/mol. The second kappa shape index (κ2) is 10.7. The first-order valence-corrected chi connectivity index (χ1v) is 12.0. The minimum atomic E-state index is -0.823. The second-order valence-electron chi connectivity index (χ2n) is 8.09. The van der Waals surface area contributed by atoms with Gasteiger partial charge in [0, 0.05) is 28.7 Å². The van der Waals surface area contributed by atoms with E-state index in [9.17, 15) is 9.59 Å². The molecular formula is C27H26BrN3O3. The van der Waals surface area contributed by atoms with Crippen molar-refractivity contribution in [3.05, 3.63) is 93.5 Å². The molecule has 0 bridgehead atoms. The first-order chi connectivity index (χ1) is 16.4. The maximum Gasteiger partial charge on any atom is 0.303 e. The third-order valence-corrected chi connectivity index (χ3v) is 6.14. The van der Waals surface area contributed by atoms with Crippen molar-refractivity contribution in [3.63, 3.8) is 0 Å². The van der Waals surface area contributed by atoms with Gasteiger partial charge in [0.1, 0.15) is 0 Å². The zero-order chi connectivity index (χ0) is 24.1. The van der Waals surface area contributed by atoms with Crippen LogP contribution < -0.4 is 16.0 Å². The van der Waals surface area contributed by atoms with Gasteiger partial charge in [-0.2, -0.15) is 0 Å². The van der Waals surface area contributed by atoms with Crippen LogP contribution in [0.1, 0.15) is 35.6 Å². The molecule has 1 heterocycles. The highest BCUT2D eigenvalue weighted by molar-refractivity contribution is 9.10. The van der Waals surface area contributed by atoms with E-state index in [1.807, 2.05) is 54.6 Å². The van der Waals surface area contributed by atoms with Crippen molar-refractivity contribution in [1.29, 1.82) is 0 Å². The van der Waals surface area contributed by atoms with E-state index in [2.05, 4.69) is 50.9 Å². The molecule has 0 spiro atoms. The third-order valence-electron chi connectivity index (χ3n) is 5.65. The number of halogens is 1. The fourth-order valence-electron chi connectivity index (χ4n) is 3.88. The molecule has 0 saturated heterocycles. The molecule has 1 aliphatic rings. The molecule has 4 rings (SSSR count). The summed E-state index contributed by atoms with van der Waals surface area (Å²) in [6.07, 6.45) is 0.537. The number of benzene rings is 3. The molecule has 0 unspecified atom stereocenters. The van der Waals surface area contributed by atoms with Crippen LogP contribution >= 0.6 is 15.9 Å². The number of hydrogen-bond acceptors (Lipinski definition) is 4. The molecule has 0 saturated carbocycles. The van der Waals surface area contributed by atoms with Gasteiger partial charge in [0.05, 0.1) is 17.0 Å². The largest absolute Gasteiger partial charge is 0.481 e. The van der Waals surface area contributed by atoms with Crippen LogP contribution in [-0.4, -0.2) is 23.5 Å². The maximum atomic E-state index is 13.1. The lowest BCUT2D eigenvalue weighted by Crippen LogP contribution is -2.12. The topological polar surface area (TPSA) is 90.5 Å². The van der Waals surface area contributed by atoms with Crippen LogP contribution in [0.15, 0.2) is 71.2 Å². The lowest BCUT2D eigenvalue weighted by Gasteiger charge is -2.16. The summed E-state index contributed by atoms with van der Waals surface area (Å²) in [5.74, 6) is -0.995. The number of carbonyl (C=O) groups is 2. The molecule has 0 atom stereocenters. The Hall–Kier alpha value is -3.42. The molecule has 3 aromatic carbocycles. The first kappa shape index (κ1) is 23.7. The highest BCUT2D eigenvalue weighted by atomic mass is 79.9. The van der Waals surface area contributed by atoms with Gasteiger partial charge in [-0.15, -0.1) is 0 Å². The number of aliphatic carboxylic acids is 1. The number of carbonyl (C=O) groups excluding carboxylic acids is 1. The summed E-state index contributed by atoms with van der Waals surface area (Å²) >= 11 is 3.47. The molecule has 0 aliphatic carbocycles. The number of anilines is 2. The summed E-state index contributed by atoms with van der Waals surface area (Å²) in [7, 11) is 0. The Bertz CT molecular complexity index is 1230. The van der Waals surface area contributed by atoms with Crippen LogP contribution in [0.3, 0.4) is 0 Å². The van der Waals surface area contributed by atoms with Gasteiger partial charge in [-0.25, -0.2) is 0 Å². The molecule has 1 aliphatic heterocycles. The predicted molar refractivity (Wildman–Crippen MR) is 139 cm³/mol. The van der Waals surface area contributed by atoms with Crippen LogP contribution in [0, 0.1) is 0 Å². The van der Waals surface area contributed by atoms with Crippen molar-refractivity contribution in [3.8, 4) is 0 Å². The van der Waals surface area contributed by atoms with Gasteiger partial charge in [-0.3, -0.25) is 9.59 Å². The van der Waals surface area contributed by atoms with Crippen LogP contribution in [-0.2, 0) is 22.6 Å². The minimum Gasteiger partial charge on any atom is -0.481 e. The number of carboxylic acid groups (broad SMARTS) is 1. The number of nitrogens with one attached hydrogen (secondary N) is 3. The van der Waals surface area contributed by atoms with E-state index >= 15 is 0 Å². The van der Waals surface area contributed by atoms with E-state index < -0.39 is 5.97 Å². The van der Waals surface area contributed by atoms with E-state index in [1.165, 1.54) is 5.56 Å². The Kier molecular flexibility index (Phi) is 7.45. The second-order valence-corrected chi connectivity index (χ2v) is 9.00. The average molecular weight is 520 g/mol. The van der Waals surface area contributed by atoms with Crippen molar-refractivity contribution in [2.75, 3.05) is 17.2 Å². The smallest absolute Gasteiger partial charge is 0.303 e. The highest BCUT2D eigenvalue weighted by Crippen LogP contribution is 2.38. The molecule has 0 aromatic heterocycles. The summed E-state index contributed by atoms with van der Waals surface area (Å²) in [6.45, 7) is 3.78. The molecule has 6 nitrogen and oxygen atoms in total. The molecule has 4 N–H and O–H groups in total. The van der Waals surface area contributed by atoms with Crippen molar-refractivity contribution >= 4 is 50.5 Å². The van der Waals surface area contributed by atoms with E-state index in [4.69, 9.17) is 5.11 Å². The molecule has 34 heavy (non-hydrogen) atoms. The number of hydrogen-bond donors (Lipinski definition) is 4. The number of amides is 1. The minimum absolute atomic E-state index is 0.0788. The summed E-state index contributed by atoms with van der Waals surface area (Å²) < 4.78 is 0.890. The van der Waals surface area contributed by atoms with Crippen molar-refractivity contribution in [2.45, 2.75) is 26.3 Å². The zero-order valence-electron chi connectivity index (χ0n) is 18.8. The fourth-order valence-corrected chi connectivity index (χ4v) is 4.24. The molecule has 1 amide bonds. The molecule has 0 fully saturated rings. The van der Waals surface area contributed by atoms with Gasteiger partial charge in [-0.05, 0) is 53.9 Å². The van der Waals surface area contributed by atoms with Gasteiger partial charge in [0.25, 0.3) is 5.91 Å². The lowest BCUT2D eigenvalue weighted by atomic mass is 9.98. The predicted octanol–water partition coefficient (Wildman–Crippen LogP) is 5.51. The molecular weight excluding hydrogens is 494 g/mol. The van der Waals surface area contributed by atoms with Gasteiger partial charge < -0.3 is 21.1 Å². The molecule has 174 valence electrons. The summed E-state index contributed by atoms with van der Waals surface area (Å²) in [5, 5.41) is 18.7. The number of fused-ring (bicyclic) bond motifs is 1. The lowest BCUT2D eigenvalue weighted by molar-refractivity contribution is -0.137. The van der Waals surface area contributed by atoms with Gasteiger partial charge in [0.2, 0.25) is 0 Å². The summed E-state index contributed by atoms with van der Waals surface area (Å²) in [4.78, 5) is 24.0. The third kappa shape index (κ3) is 5.55. The molecule has 3 aromatic rings. The van der Waals surface area contributed by atoms with Crippen molar-refractivity contribution in [2.24, 2.45) is 0 Å². The highest BCUT2D eigenvalue weighted by Gasteiger charge is 2.28. The van der Waals surface area contributed by atoms with Crippen molar-refractivity contribution < 1.29 is 14.7 Å². The standard InChI is InChI=1S/C27H26BrN3O3/c1-2-29-16-18-5-11-21(12-6-18)30-26(19-8-3-17(4-9-19)7-14-24(32)33)25-22-13-10-20(28)15-23(22)31-27(25)34/h3-6,8-13,15,29-30H,2,7,14,16H2,1H3,(H,31,34)(H,32,33)/b26-25-. The Balaban J connectivity index is 1.73. The summed E-state index contributed by atoms with van der Waals surface area (Å²) in [6, 6.07) is 21.5. The number of carboxylic acids is 1. The number of rotatable bonds is 9. The Morgan fingerprint density at radius 2 is 1.71 bits per heavy atom. The average Bonchev–Trinajstić information content (AvgIpc) is 3.15. The van der Waals surface area contributed by atoms with E-state index in [0.29, 0.717) is 17.7 Å². The van der Waals surface area contributed by atoms with Crippen LogP contribution in [0.25, 0.3) is 11.3 Å². The quantitative estimate of drug-likeness (QED) is 0.280. The molecule has 0 radical (unpaired) electrons. The SMILES string of the molecule is CCNCc1ccc(N/C(=C2\C(=O)Nc3cc(Br)ccc32)c2ccc(CCC(=O)O)cc2)cc1. The van der Waals surface area contributed by atoms with Gasteiger partial charge in [0.15, 0.2) is 0 Å². The number of aryl methyl sites for hydroxylation is 1. The normalized spacial score (nSPS) is 13.9. The van der Waals surface area contributed by atoms with Crippen LogP contribution in [0.2, 0.25) is 0 Å². The van der Waals surface area contributed by atoms with E-state index in [0.717, 1.165) is 45.6 Å². The van der Waals surface area contributed by atoms with Crippen LogP contribution in [0.5, 0.6) is 0 Å². The fraction of sp³-hybridized carbons (Fsp3) is 0.185. The maximum absolute atomic E-state index is 13.1. The Labute approximate surface area is 207 Å². The van der Waals surface area contributed by atoms with Crippen LogP contribution in [0.4, 0.5) is 11.4 Å². The Morgan fingerprint density at radius 1 is 1.00 bits per heavy atom. The van der Waals surface area contributed by atoms with E-state index in [1.54, 1.807) is 0 Å². The van der Waals surface area contributed by atoms with Gasteiger partial charge >= 0.3 is 5.97 Å². The summed E-state index contributed by atoms with van der Waals surface area (Å²) in [5.41, 5.74) is 6.68. The zero-order valence-corrected chi connectivity index (χ0v) is 20.4. The van der Waals surface area contributed by atoms with Crippen molar-refractivity contribution in [1.82, 2.24) is 5.32 Å². The Morgan fingerprint density at radius 3 is 2.38 bits per heavy atom. The van der Waals surface area contributed by atoms with Gasteiger partial charge in [-0.1, -0.05) is 65.3 Å². The first-order valence-electron chi connectivity index (χ1n) is 11.2. The molecule has 7 heteroatoms. The van der Waals surface area contributed by atoms with E-state index in [-0.39, 0.29) is 12.3 Å².